The van der Waals surface area contributed by atoms with Gasteiger partial charge in [-0.15, -0.1) is 0 Å². The molecule has 112 valence electrons. The second-order valence-electron chi connectivity index (χ2n) is 4.85. The lowest BCUT2D eigenvalue weighted by molar-refractivity contribution is 0.101. The van der Waals surface area contributed by atoms with Crippen molar-refractivity contribution in [1.29, 1.82) is 0 Å². The molecule has 2 aromatic rings. The number of nitrogens with one attached hydrogen (secondary N) is 1. The van der Waals surface area contributed by atoms with Crippen LogP contribution in [0.15, 0.2) is 30.3 Å². The standard InChI is InChI=1S/C16H20BrN3O/c1-4-12-10-15(20(5-2)19-12)16(21)18-14-9-7-6-8-13(14)11(3)17/h6-11H,4-5H2,1-3H3,(H,18,21). The summed E-state index contributed by atoms with van der Waals surface area (Å²) in [7, 11) is 0. The molecule has 0 aliphatic carbocycles. The van der Waals surface area contributed by atoms with Gasteiger partial charge in [0.1, 0.15) is 5.69 Å². The number of nitrogens with zero attached hydrogens (tertiary/aromatic N) is 2. The van der Waals surface area contributed by atoms with Gasteiger partial charge in [-0.3, -0.25) is 9.48 Å². The van der Waals surface area contributed by atoms with E-state index in [4.69, 9.17) is 0 Å². The SMILES string of the molecule is CCc1cc(C(=O)Nc2ccccc2C(C)Br)n(CC)n1. The Morgan fingerprint density at radius 3 is 2.71 bits per heavy atom. The van der Waals surface area contributed by atoms with Gasteiger partial charge in [0.15, 0.2) is 0 Å². The topological polar surface area (TPSA) is 46.9 Å². The summed E-state index contributed by atoms with van der Waals surface area (Å²) in [5, 5.41) is 7.40. The quantitative estimate of drug-likeness (QED) is 0.823. The molecule has 1 N–H and O–H groups in total. The van der Waals surface area contributed by atoms with E-state index in [2.05, 4.69) is 26.3 Å². The predicted octanol–water partition coefficient (Wildman–Crippen LogP) is 4.17. The van der Waals surface area contributed by atoms with E-state index in [1.165, 1.54) is 0 Å². The molecule has 0 saturated carbocycles. The van der Waals surface area contributed by atoms with Crippen molar-refractivity contribution in [3.63, 3.8) is 0 Å². The zero-order valence-electron chi connectivity index (χ0n) is 12.6. The van der Waals surface area contributed by atoms with Crippen LogP contribution >= 0.6 is 15.9 Å². The highest BCUT2D eigenvalue weighted by Gasteiger charge is 2.16. The molecular formula is C16H20BrN3O. The smallest absolute Gasteiger partial charge is 0.273 e. The number of alkyl halides is 1. The number of carbonyl (C=O) groups is 1. The largest absolute Gasteiger partial charge is 0.320 e. The van der Waals surface area contributed by atoms with Gasteiger partial charge in [0, 0.05) is 17.1 Å². The van der Waals surface area contributed by atoms with E-state index in [9.17, 15) is 4.79 Å². The van der Waals surface area contributed by atoms with E-state index in [1.54, 1.807) is 4.68 Å². The molecule has 1 unspecified atom stereocenters. The van der Waals surface area contributed by atoms with Gasteiger partial charge in [-0.05, 0) is 38.0 Å². The van der Waals surface area contributed by atoms with E-state index >= 15 is 0 Å². The highest BCUT2D eigenvalue weighted by molar-refractivity contribution is 9.09. The maximum Gasteiger partial charge on any atom is 0.273 e. The normalized spacial score (nSPS) is 12.2. The Bertz CT molecular complexity index is 634. The van der Waals surface area contributed by atoms with Crippen LogP contribution in [0.4, 0.5) is 5.69 Å². The summed E-state index contributed by atoms with van der Waals surface area (Å²) in [5.74, 6) is -0.121. The number of para-hydroxylation sites is 1. The molecule has 1 aromatic carbocycles. The van der Waals surface area contributed by atoms with Gasteiger partial charge in [0.2, 0.25) is 0 Å². The Hall–Kier alpha value is -1.62. The van der Waals surface area contributed by atoms with Crippen molar-refractivity contribution < 1.29 is 4.79 Å². The van der Waals surface area contributed by atoms with Gasteiger partial charge in [-0.2, -0.15) is 5.10 Å². The fraction of sp³-hybridized carbons (Fsp3) is 0.375. The summed E-state index contributed by atoms with van der Waals surface area (Å²) in [6.45, 7) is 6.74. The molecular weight excluding hydrogens is 330 g/mol. The predicted molar refractivity (Wildman–Crippen MR) is 89.0 cm³/mol. The Morgan fingerprint density at radius 2 is 2.10 bits per heavy atom. The molecule has 1 aromatic heterocycles. The molecule has 1 atom stereocenters. The van der Waals surface area contributed by atoms with Crippen LogP contribution in [0.1, 0.15) is 47.3 Å². The molecule has 0 saturated heterocycles. The Labute approximate surface area is 133 Å². The van der Waals surface area contributed by atoms with Crippen LogP contribution in [0.25, 0.3) is 0 Å². The molecule has 21 heavy (non-hydrogen) atoms. The summed E-state index contributed by atoms with van der Waals surface area (Å²) >= 11 is 3.55. The van der Waals surface area contributed by atoms with Gasteiger partial charge in [-0.25, -0.2) is 0 Å². The van der Waals surface area contributed by atoms with Crippen molar-refractivity contribution in [2.24, 2.45) is 0 Å². The van der Waals surface area contributed by atoms with Gasteiger partial charge in [0.05, 0.1) is 5.69 Å². The fourth-order valence-electron chi connectivity index (χ4n) is 2.21. The van der Waals surface area contributed by atoms with Gasteiger partial charge < -0.3 is 5.32 Å². The molecule has 0 bridgehead atoms. The molecule has 1 heterocycles. The zero-order chi connectivity index (χ0) is 15.4. The number of anilines is 1. The highest BCUT2D eigenvalue weighted by atomic mass is 79.9. The molecule has 5 heteroatoms. The molecule has 0 radical (unpaired) electrons. The third-order valence-electron chi connectivity index (χ3n) is 3.36. The summed E-state index contributed by atoms with van der Waals surface area (Å²) in [4.78, 5) is 12.7. The Balaban J connectivity index is 2.28. The third-order valence-corrected chi connectivity index (χ3v) is 3.86. The maximum absolute atomic E-state index is 12.5. The van der Waals surface area contributed by atoms with Crippen molar-refractivity contribution in [2.75, 3.05) is 5.32 Å². The van der Waals surface area contributed by atoms with Crippen LogP contribution < -0.4 is 5.32 Å². The molecule has 1 amide bonds. The number of carbonyl (C=O) groups excluding carboxylic acids is 1. The lowest BCUT2D eigenvalue weighted by Crippen LogP contribution is -2.18. The van der Waals surface area contributed by atoms with Crippen LogP contribution in [0.5, 0.6) is 0 Å². The van der Waals surface area contributed by atoms with Crippen LogP contribution in [-0.2, 0) is 13.0 Å². The van der Waals surface area contributed by atoms with E-state index in [0.29, 0.717) is 12.2 Å². The van der Waals surface area contributed by atoms with Gasteiger partial charge in [0.25, 0.3) is 5.91 Å². The number of hydrogen-bond acceptors (Lipinski definition) is 2. The van der Waals surface area contributed by atoms with E-state index in [1.807, 2.05) is 51.1 Å². The van der Waals surface area contributed by atoms with Crippen LogP contribution in [0.3, 0.4) is 0 Å². The Morgan fingerprint density at radius 1 is 1.38 bits per heavy atom. The van der Waals surface area contributed by atoms with E-state index < -0.39 is 0 Å². The summed E-state index contributed by atoms with van der Waals surface area (Å²) in [6, 6.07) is 9.67. The minimum Gasteiger partial charge on any atom is -0.320 e. The third kappa shape index (κ3) is 3.53. The average Bonchev–Trinajstić information content (AvgIpc) is 2.91. The number of benzene rings is 1. The molecule has 0 fully saturated rings. The number of halogens is 1. The second-order valence-corrected chi connectivity index (χ2v) is 6.22. The molecule has 0 aliphatic heterocycles. The summed E-state index contributed by atoms with van der Waals surface area (Å²) in [6.07, 6.45) is 0.822. The second kappa shape index (κ2) is 6.89. The lowest BCUT2D eigenvalue weighted by Gasteiger charge is -2.13. The minimum absolute atomic E-state index is 0.121. The van der Waals surface area contributed by atoms with E-state index in [0.717, 1.165) is 23.4 Å². The summed E-state index contributed by atoms with van der Waals surface area (Å²) < 4.78 is 1.74. The first-order chi connectivity index (χ1) is 10.1. The highest BCUT2D eigenvalue weighted by Crippen LogP contribution is 2.28. The number of hydrogen-bond donors (Lipinski definition) is 1. The number of aryl methyl sites for hydroxylation is 2. The first kappa shape index (κ1) is 15.8. The van der Waals surface area contributed by atoms with Crippen LogP contribution in [0, 0.1) is 0 Å². The Kier molecular flexibility index (Phi) is 5.17. The monoisotopic (exact) mass is 349 g/mol. The molecule has 2 rings (SSSR count). The van der Waals surface area contributed by atoms with Crippen LogP contribution in [-0.4, -0.2) is 15.7 Å². The summed E-state index contributed by atoms with van der Waals surface area (Å²) in [5.41, 5.74) is 3.42. The van der Waals surface area contributed by atoms with Crippen molar-refractivity contribution >= 4 is 27.5 Å². The molecule has 4 nitrogen and oxygen atoms in total. The first-order valence-corrected chi connectivity index (χ1v) is 8.09. The molecule has 0 aliphatic rings. The number of amides is 1. The van der Waals surface area contributed by atoms with Crippen molar-refractivity contribution in [3.05, 3.63) is 47.3 Å². The van der Waals surface area contributed by atoms with Crippen molar-refractivity contribution in [2.45, 2.75) is 38.6 Å². The van der Waals surface area contributed by atoms with Gasteiger partial charge in [-0.1, -0.05) is 41.1 Å². The molecule has 0 spiro atoms. The lowest BCUT2D eigenvalue weighted by atomic mass is 10.1. The van der Waals surface area contributed by atoms with Crippen LogP contribution in [0.2, 0.25) is 0 Å². The number of aromatic nitrogens is 2. The zero-order valence-corrected chi connectivity index (χ0v) is 14.1. The van der Waals surface area contributed by atoms with Crippen molar-refractivity contribution in [3.8, 4) is 0 Å². The number of rotatable bonds is 5. The fourth-order valence-corrected chi connectivity index (χ4v) is 2.61. The van der Waals surface area contributed by atoms with E-state index in [-0.39, 0.29) is 10.7 Å². The average molecular weight is 350 g/mol. The minimum atomic E-state index is -0.121. The maximum atomic E-state index is 12.5. The van der Waals surface area contributed by atoms with Crippen molar-refractivity contribution in [1.82, 2.24) is 9.78 Å². The van der Waals surface area contributed by atoms with Gasteiger partial charge >= 0.3 is 0 Å². The first-order valence-electron chi connectivity index (χ1n) is 7.17.